The minimum atomic E-state index is -0.721. The lowest BCUT2D eigenvalue weighted by atomic mass is 10.1. The Morgan fingerprint density at radius 2 is 1.84 bits per heavy atom. The van der Waals surface area contributed by atoms with Crippen LogP contribution in [0.2, 0.25) is 0 Å². The molecule has 1 N–H and O–H groups in total. The van der Waals surface area contributed by atoms with Crippen LogP contribution in [-0.4, -0.2) is 34.1 Å². The predicted octanol–water partition coefficient (Wildman–Crippen LogP) is 2.43. The molecule has 0 saturated carbocycles. The molecule has 1 heterocycles. The number of carbonyl (C=O) groups excluding carboxylic acids is 3. The standard InChI is InChI=1S/C16H10IN3O5/c17-9-2-1-3-10(6-9)18-14(21)8-19-15(22)12-5-4-11(20(24)25)7-13(12)16(19)23/h1-7H,8H2,(H,18,21). The number of anilines is 1. The number of nitrogens with one attached hydrogen (secondary N) is 1. The van der Waals surface area contributed by atoms with Crippen LogP contribution in [0.3, 0.4) is 0 Å². The molecule has 0 aliphatic carbocycles. The second-order valence-electron chi connectivity index (χ2n) is 5.24. The van der Waals surface area contributed by atoms with Gasteiger partial charge in [-0.3, -0.25) is 29.4 Å². The van der Waals surface area contributed by atoms with E-state index in [0.717, 1.165) is 20.6 Å². The van der Waals surface area contributed by atoms with Gasteiger partial charge in [0.05, 0.1) is 16.1 Å². The Hall–Kier alpha value is -2.82. The first-order chi connectivity index (χ1) is 11.9. The van der Waals surface area contributed by atoms with E-state index in [4.69, 9.17) is 0 Å². The van der Waals surface area contributed by atoms with Crippen LogP contribution < -0.4 is 5.32 Å². The summed E-state index contributed by atoms with van der Waals surface area (Å²) in [5, 5.41) is 13.4. The van der Waals surface area contributed by atoms with E-state index < -0.39 is 29.2 Å². The number of rotatable bonds is 4. The highest BCUT2D eigenvalue weighted by atomic mass is 127. The van der Waals surface area contributed by atoms with Gasteiger partial charge in [-0.25, -0.2) is 0 Å². The number of imide groups is 1. The third-order valence-corrected chi connectivity index (χ3v) is 4.25. The van der Waals surface area contributed by atoms with Gasteiger partial charge < -0.3 is 5.32 Å². The van der Waals surface area contributed by atoms with Gasteiger partial charge in [0, 0.05) is 21.4 Å². The van der Waals surface area contributed by atoms with Crippen molar-refractivity contribution in [2.24, 2.45) is 0 Å². The van der Waals surface area contributed by atoms with Gasteiger partial charge in [0.25, 0.3) is 17.5 Å². The summed E-state index contributed by atoms with van der Waals surface area (Å²) in [5.41, 5.74) is 0.244. The van der Waals surface area contributed by atoms with E-state index in [1.54, 1.807) is 18.2 Å². The van der Waals surface area contributed by atoms with Crippen molar-refractivity contribution in [2.45, 2.75) is 0 Å². The third kappa shape index (κ3) is 3.36. The van der Waals surface area contributed by atoms with E-state index in [2.05, 4.69) is 27.9 Å². The van der Waals surface area contributed by atoms with E-state index in [0.29, 0.717) is 5.69 Å². The zero-order valence-corrected chi connectivity index (χ0v) is 14.7. The van der Waals surface area contributed by atoms with Gasteiger partial charge in [0.2, 0.25) is 5.91 Å². The molecule has 0 spiro atoms. The maximum absolute atomic E-state index is 12.3. The number of nitro benzene ring substituents is 1. The smallest absolute Gasteiger partial charge is 0.270 e. The molecule has 0 bridgehead atoms. The molecule has 1 aliphatic heterocycles. The Kier molecular flexibility index (Phi) is 4.49. The molecule has 2 aromatic carbocycles. The minimum Gasteiger partial charge on any atom is -0.324 e. The lowest BCUT2D eigenvalue weighted by molar-refractivity contribution is -0.384. The number of carbonyl (C=O) groups is 3. The van der Waals surface area contributed by atoms with Crippen LogP contribution in [0.15, 0.2) is 42.5 Å². The van der Waals surface area contributed by atoms with Gasteiger partial charge in [0.15, 0.2) is 0 Å². The van der Waals surface area contributed by atoms with Crippen molar-refractivity contribution in [1.29, 1.82) is 0 Å². The minimum absolute atomic E-state index is 0.0534. The lowest BCUT2D eigenvalue weighted by Crippen LogP contribution is -2.37. The zero-order valence-electron chi connectivity index (χ0n) is 12.6. The maximum atomic E-state index is 12.3. The van der Waals surface area contributed by atoms with Crippen molar-refractivity contribution in [3.63, 3.8) is 0 Å². The number of amides is 3. The number of non-ortho nitro benzene ring substituents is 1. The Morgan fingerprint density at radius 3 is 2.52 bits per heavy atom. The summed E-state index contributed by atoms with van der Waals surface area (Å²) in [4.78, 5) is 47.7. The van der Waals surface area contributed by atoms with Crippen LogP contribution in [0, 0.1) is 13.7 Å². The summed E-state index contributed by atoms with van der Waals surface area (Å²) in [6, 6.07) is 10.5. The van der Waals surface area contributed by atoms with Crippen molar-refractivity contribution >= 4 is 51.7 Å². The Balaban J connectivity index is 1.77. The van der Waals surface area contributed by atoms with Gasteiger partial charge >= 0.3 is 0 Å². The predicted molar refractivity (Wildman–Crippen MR) is 96.3 cm³/mol. The Labute approximate surface area is 155 Å². The SMILES string of the molecule is O=C(CN1C(=O)c2ccc([N+](=O)[O-])cc2C1=O)Nc1cccc(I)c1. The number of fused-ring (bicyclic) bond motifs is 1. The highest BCUT2D eigenvalue weighted by Crippen LogP contribution is 2.26. The number of nitrogens with zero attached hydrogens (tertiary/aromatic N) is 2. The van der Waals surface area contributed by atoms with Crippen LogP contribution in [0.1, 0.15) is 20.7 Å². The first kappa shape index (κ1) is 17.0. The fourth-order valence-corrected chi connectivity index (χ4v) is 2.99. The van der Waals surface area contributed by atoms with Crippen molar-refractivity contribution in [3.8, 4) is 0 Å². The number of nitro groups is 1. The normalized spacial score (nSPS) is 12.9. The van der Waals surface area contributed by atoms with Gasteiger partial charge in [-0.1, -0.05) is 6.07 Å². The molecule has 0 radical (unpaired) electrons. The molecule has 0 saturated heterocycles. The number of hydrogen-bond acceptors (Lipinski definition) is 5. The van der Waals surface area contributed by atoms with E-state index in [9.17, 15) is 24.5 Å². The van der Waals surface area contributed by atoms with Gasteiger partial charge in [-0.15, -0.1) is 0 Å². The second kappa shape index (κ2) is 6.59. The summed E-state index contributed by atoms with van der Waals surface area (Å²) in [6.07, 6.45) is 0. The molecule has 3 amide bonds. The van der Waals surface area contributed by atoms with Crippen molar-refractivity contribution < 1.29 is 19.3 Å². The molecule has 1 aliphatic rings. The van der Waals surface area contributed by atoms with E-state index >= 15 is 0 Å². The number of benzene rings is 2. The van der Waals surface area contributed by atoms with Crippen LogP contribution in [0.4, 0.5) is 11.4 Å². The van der Waals surface area contributed by atoms with Crippen LogP contribution in [0.25, 0.3) is 0 Å². The fraction of sp³-hybridized carbons (Fsp3) is 0.0625. The topological polar surface area (TPSA) is 110 Å². The average molecular weight is 451 g/mol. The van der Waals surface area contributed by atoms with Crippen molar-refractivity contribution in [3.05, 3.63) is 67.3 Å². The van der Waals surface area contributed by atoms with Gasteiger partial charge in [-0.05, 0) is 46.9 Å². The van der Waals surface area contributed by atoms with Crippen LogP contribution in [0.5, 0.6) is 0 Å². The maximum Gasteiger partial charge on any atom is 0.270 e. The van der Waals surface area contributed by atoms with E-state index in [1.807, 2.05) is 6.07 Å². The second-order valence-corrected chi connectivity index (χ2v) is 6.49. The molecular weight excluding hydrogens is 441 g/mol. The first-order valence-electron chi connectivity index (χ1n) is 7.07. The first-order valence-corrected chi connectivity index (χ1v) is 8.15. The molecule has 25 heavy (non-hydrogen) atoms. The number of halogens is 1. The molecular formula is C16H10IN3O5. The van der Waals surface area contributed by atoms with E-state index in [-0.39, 0.29) is 16.8 Å². The highest BCUT2D eigenvalue weighted by Gasteiger charge is 2.37. The average Bonchev–Trinajstić information content (AvgIpc) is 2.79. The molecule has 0 aromatic heterocycles. The third-order valence-electron chi connectivity index (χ3n) is 3.58. The number of hydrogen-bond donors (Lipinski definition) is 1. The Morgan fingerprint density at radius 1 is 1.12 bits per heavy atom. The quantitative estimate of drug-likeness (QED) is 0.333. The van der Waals surface area contributed by atoms with Crippen molar-refractivity contribution in [1.82, 2.24) is 4.90 Å². The zero-order chi connectivity index (χ0) is 18.1. The van der Waals surface area contributed by atoms with Crippen LogP contribution in [-0.2, 0) is 4.79 Å². The molecule has 8 nitrogen and oxygen atoms in total. The summed E-state index contributed by atoms with van der Waals surface area (Å²) in [7, 11) is 0. The largest absolute Gasteiger partial charge is 0.324 e. The summed E-state index contributed by atoms with van der Waals surface area (Å²) < 4.78 is 0.920. The van der Waals surface area contributed by atoms with Crippen molar-refractivity contribution in [2.75, 3.05) is 11.9 Å². The molecule has 9 heteroatoms. The highest BCUT2D eigenvalue weighted by molar-refractivity contribution is 14.1. The van der Waals surface area contributed by atoms with Gasteiger partial charge in [-0.2, -0.15) is 0 Å². The monoisotopic (exact) mass is 451 g/mol. The lowest BCUT2D eigenvalue weighted by Gasteiger charge is -2.13. The van der Waals surface area contributed by atoms with E-state index in [1.165, 1.54) is 6.07 Å². The van der Waals surface area contributed by atoms with Crippen LogP contribution >= 0.6 is 22.6 Å². The van der Waals surface area contributed by atoms with Gasteiger partial charge in [0.1, 0.15) is 6.54 Å². The molecule has 0 fully saturated rings. The Bertz CT molecular complexity index is 928. The molecule has 126 valence electrons. The molecule has 0 atom stereocenters. The molecule has 2 aromatic rings. The molecule has 3 rings (SSSR count). The summed E-state index contributed by atoms with van der Waals surface area (Å²) in [6.45, 7) is -0.467. The summed E-state index contributed by atoms with van der Waals surface area (Å²) in [5.74, 6) is -1.90. The fourth-order valence-electron chi connectivity index (χ4n) is 2.45. The summed E-state index contributed by atoms with van der Waals surface area (Å²) >= 11 is 2.09. The molecule has 0 unspecified atom stereocenters.